The Kier molecular flexibility index (Phi) is 5.75. The molecule has 2 aromatic heterocycles. The van der Waals surface area contributed by atoms with Crippen LogP contribution in [0.1, 0.15) is 18.9 Å². The van der Waals surface area contributed by atoms with Crippen molar-refractivity contribution >= 4 is 23.1 Å². The van der Waals surface area contributed by atoms with Crippen molar-refractivity contribution in [3.63, 3.8) is 0 Å². The number of hydrogen-bond donors (Lipinski definition) is 2. The molecule has 2 amide bonds. The molecule has 1 fully saturated rings. The minimum Gasteiger partial charge on any atom is -0.493 e. The van der Waals surface area contributed by atoms with Gasteiger partial charge in [0.2, 0.25) is 0 Å². The van der Waals surface area contributed by atoms with Crippen LogP contribution in [-0.2, 0) is 6.54 Å². The summed E-state index contributed by atoms with van der Waals surface area (Å²) in [6.45, 7) is 0.531. The summed E-state index contributed by atoms with van der Waals surface area (Å²) in [7, 11) is 3.04. The van der Waals surface area contributed by atoms with E-state index in [4.69, 9.17) is 9.47 Å². The quantitative estimate of drug-likeness (QED) is 0.574. The summed E-state index contributed by atoms with van der Waals surface area (Å²) in [6, 6.07) is 8.94. The number of amides is 2. The Balaban J connectivity index is 1.41. The highest BCUT2D eigenvalue weighted by molar-refractivity contribution is 7.13. The monoisotopic (exact) mass is 429 g/mol. The Bertz CT molecular complexity index is 1090. The molecule has 1 aliphatic carbocycles. The zero-order valence-electron chi connectivity index (χ0n) is 16.8. The number of nitrogens with zero attached hydrogens (tertiary/aromatic N) is 3. The highest BCUT2D eigenvalue weighted by Gasteiger charge is 2.30. The molecule has 30 heavy (non-hydrogen) atoms. The normalized spacial score (nSPS) is 13.1. The van der Waals surface area contributed by atoms with Gasteiger partial charge in [0, 0.05) is 12.6 Å². The molecule has 0 radical (unpaired) electrons. The molecule has 3 aromatic rings. The van der Waals surface area contributed by atoms with Crippen molar-refractivity contribution < 1.29 is 14.3 Å². The van der Waals surface area contributed by atoms with Gasteiger partial charge in [-0.1, -0.05) is 12.1 Å². The van der Waals surface area contributed by atoms with Crippen molar-refractivity contribution in [3.05, 3.63) is 46.2 Å². The van der Waals surface area contributed by atoms with Crippen LogP contribution in [-0.4, -0.2) is 41.1 Å². The number of para-hydroxylation sites is 1. The molecule has 1 saturated carbocycles. The van der Waals surface area contributed by atoms with Crippen LogP contribution in [0.15, 0.2) is 40.5 Å². The van der Waals surface area contributed by atoms with E-state index in [-0.39, 0.29) is 24.8 Å². The third kappa shape index (κ3) is 4.04. The second-order valence-corrected chi connectivity index (χ2v) is 7.78. The minimum absolute atomic E-state index is 0.141. The largest absolute Gasteiger partial charge is 0.493 e. The number of aromatic nitrogens is 3. The van der Waals surface area contributed by atoms with Crippen LogP contribution in [0.4, 0.5) is 10.5 Å². The number of ether oxygens (including phenoxy) is 2. The summed E-state index contributed by atoms with van der Waals surface area (Å²) in [5.74, 6) is 1.66. The number of rotatable bonds is 8. The van der Waals surface area contributed by atoms with Crippen molar-refractivity contribution in [2.45, 2.75) is 25.4 Å². The first-order chi connectivity index (χ1) is 14.6. The third-order valence-electron chi connectivity index (χ3n) is 4.78. The number of thiophene rings is 1. The fraction of sp³-hybridized carbons (Fsp3) is 0.350. The van der Waals surface area contributed by atoms with Crippen LogP contribution in [0.5, 0.6) is 11.5 Å². The molecule has 2 heterocycles. The summed E-state index contributed by atoms with van der Waals surface area (Å²) in [5.41, 5.74) is 0.349. The molecule has 0 unspecified atom stereocenters. The number of carbonyl (C=O) groups is 1. The highest BCUT2D eigenvalue weighted by Crippen LogP contribution is 2.37. The lowest BCUT2D eigenvalue weighted by Gasteiger charge is -2.13. The Morgan fingerprint density at radius 2 is 2.07 bits per heavy atom. The molecule has 1 aromatic carbocycles. The van der Waals surface area contributed by atoms with Gasteiger partial charge in [-0.05, 0) is 36.4 Å². The highest BCUT2D eigenvalue weighted by atomic mass is 32.1. The molecule has 0 aliphatic heterocycles. The maximum absolute atomic E-state index is 12.8. The van der Waals surface area contributed by atoms with Crippen LogP contribution in [0.3, 0.4) is 0 Å². The van der Waals surface area contributed by atoms with Crippen molar-refractivity contribution in [1.29, 1.82) is 0 Å². The second kappa shape index (κ2) is 8.62. The van der Waals surface area contributed by atoms with Gasteiger partial charge in [0.15, 0.2) is 17.3 Å². The summed E-state index contributed by atoms with van der Waals surface area (Å²) in [5, 5.41) is 12.0. The molecule has 4 rings (SSSR count). The van der Waals surface area contributed by atoms with Crippen molar-refractivity contribution in [3.8, 4) is 22.2 Å². The van der Waals surface area contributed by atoms with Crippen LogP contribution in [0.2, 0.25) is 0 Å². The molecule has 2 N–H and O–H groups in total. The molecule has 0 bridgehead atoms. The van der Waals surface area contributed by atoms with Crippen LogP contribution >= 0.6 is 11.3 Å². The number of benzene rings is 1. The van der Waals surface area contributed by atoms with Gasteiger partial charge in [-0.2, -0.15) is 0 Å². The topological polar surface area (TPSA) is 99.4 Å². The van der Waals surface area contributed by atoms with E-state index < -0.39 is 6.03 Å². The molecule has 9 nitrogen and oxygen atoms in total. The van der Waals surface area contributed by atoms with Gasteiger partial charge in [0.1, 0.15) is 0 Å². The van der Waals surface area contributed by atoms with Gasteiger partial charge in [0.05, 0.1) is 31.3 Å². The van der Waals surface area contributed by atoms with E-state index in [0.717, 1.165) is 17.7 Å². The van der Waals surface area contributed by atoms with Crippen molar-refractivity contribution in [2.75, 3.05) is 26.1 Å². The van der Waals surface area contributed by atoms with Crippen LogP contribution < -0.4 is 25.8 Å². The lowest BCUT2D eigenvalue weighted by Crippen LogP contribution is -2.34. The van der Waals surface area contributed by atoms with E-state index in [1.165, 1.54) is 18.9 Å². The molecule has 158 valence electrons. The Morgan fingerprint density at radius 1 is 1.23 bits per heavy atom. The fourth-order valence-electron chi connectivity index (χ4n) is 3.23. The number of carbonyl (C=O) groups excluding carboxylic acids is 1. The summed E-state index contributed by atoms with van der Waals surface area (Å²) >= 11 is 1.56. The van der Waals surface area contributed by atoms with Crippen LogP contribution in [0, 0.1) is 0 Å². The summed E-state index contributed by atoms with van der Waals surface area (Å²) in [4.78, 5) is 26.1. The Labute approximate surface area is 177 Å². The van der Waals surface area contributed by atoms with E-state index in [1.807, 2.05) is 17.5 Å². The predicted molar refractivity (Wildman–Crippen MR) is 115 cm³/mol. The first-order valence-corrected chi connectivity index (χ1v) is 10.5. The van der Waals surface area contributed by atoms with Gasteiger partial charge >= 0.3 is 11.7 Å². The maximum atomic E-state index is 12.8. The molecule has 1 aliphatic rings. The number of urea groups is 1. The van der Waals surface area contributed by atoms with Crippen LogP contribution in [0.25, 0.3) is 10.7 Å². The molecular weight excluding hydrogens is 406 g/mol. The minimum atomic E-state index is -0.408. The fourth-order valence-corrected chi connectivity index (χ4v) is 3.93. The predicted octanol–water partition coefficient (Wildman–Crippen LogP) is 2.95. The Hall–Kier alpha value is -3.27. The molecular formula is C20H23N5O4S. The Morgan fingerprint density at radius 3 is 2.73 bits per heavy atom. The first kappa shape index (κ1) is 20.0. The third-order valence-corrected chi connectivity index (χ3v) is 5.65. The van der Waals surface area contributed by atoms with Gasteiger partial charge in [-0.25, -0.2) is 14.3 Å². The second-order valence-electron chi connectivity index (χ2n) is 6.83. The van der Waals surface area contributed by atoms with E-state index in [0.29, 0.717) is 23.0 Å². The SMILES string of the molecule is COc1cccc(NC(=O)NCCn2nc(-c3cccs3)n(C3CC3)c2=O)c1OC. The summed E-state index contributed by atoms with van der Waals surface area (Å²) in [6.07, 6.45) is 1.99. The number of methoxy groups -OCH3 is 2. The van der Waals surface area contributed by atoms with E-state index in [9.17, 15) is 9.59 Å². The lowest BCUT2D eigenvalue weighted by atomic mass is 10.2. The standard InChI is InChI=1S/C20H23N5O4S/c1-28-15-6-3-5-14(17(15)29-2)22-19(26)21-10-11-24-20(27)25(13-8-9-13)18(23-24)16-7-4-12-30-16/h3-7,12-13H,8-11H2,1-2H3,(H2,21,22,26). The van der Waals surface area contributed by atoms with Gasteiger partial charge < -0.3 is 20.1 Å². The smallest absolute Gasteiger partial charge is 0.346 e. The summed E-state index contributed by atoms with van der Waals surface area (Å²) < 4.78 is 13.7. The molecule has 0 spiro atoms. The van der Waals surface area contributed by atoms with E-state index in [2.05, 4.69) is 15.7 Å². The lowest BCUT2D eigenvalue weighted by molar-refractivity contribution is 0.251. The number of anilines is 1. The van der Waals surface area contributed by atoms with Crippen molar-refractivity contribution in [2.24, 2.45) is 0 Å². The van der Waals surface area contributed by atoms with E-state index in [1.54, 1.807) is 34.1 Å². The number of nitrogens with one attached hydrogen (secondary N) is 2. The zero-order chi connectivity index (χ0) is 21.1. The zero-order valence-corrected chi connectivity index (χ0v) is 17.6. The molecule has 0 atom stereocenters. The molecule has 0 saturated heterocycles. The van der Waals surface area contributed by atoms with Gasteiger partial charge in [-0.3, -0.25) is 4.57 Å². The first-order valence-electron chi connectivity index (χ1n) is 9.61. The maximum Gasteiger partial charge on any atom is 0.346 e. The van der Waals surface area contributed by atoms with Crippen molar-refractivity contribution in [1.82, 2.24) is 19.7 Å². The number of hydrogen-bond acceptors (Lipinski definition) is 6. The van der Waals surface area contributed by atoms with Gasteiger partial charge in [0.25, 0.3) is 0 Å². The average molecular weight is 430 g/mol. The van der Waals surface area contributed by atoms with Gasteiger partial charge in [-0.15, -0.1) is 16.4 Å². The molecule has 10 heteroatoms. The average Bonchev–Trinajstić information content (AvgIpc) is 3.32. The van der Waals surface area contributed by atoms with E-state index >= 15 is 0 Å².